The minimum absolute atomic E-state index is 0.0849. The summed E-state index contributed by atoms with van der Waals surface area (Å²) in [6, 6.07) is 9.41. The van der Waals surface area contributed by atoms with Gasteiger partial charge in [0.15, 0.2) is 5.82 Å². The summed E-state index contributed by atoms with van der Waals surface area (Å²) in [7, 11) is -0.735. The van der Waals surface area contributed by atoms with Gasteiger partial charge in [-0.3, -0.25) is 9.48 Å². The second kappa shape index (κ2) is 7.68. The molecule has 0 amide bonds. The van der Waals surface area contributed by atoms with Gasteiger partial charge in [0.25, 0.3) is 11.5 Å². The summed E-state index contributed by atoms with van der Waals surface area (Å²) in [5.41, 5.74) is 0.434. The van der Waals surface area contributed by atoms with Gasteiger partial charge in [0.2, 0.25) is 10.0 Å². The first-order valence-corrected chi connectivity index (χ1v) is 11.1. The maximum absolute atomic E-state index is 13.5. The summed E-state index contributed by atoms with van der Waals surface area (Å²) >= 11 is 0. The molecular formula is C20H20F2N6O3S. The molecular weight excluding hydrogens is 442 g/mol. The summed E-state index contributed by atoms with van der Waals surface area (Å²) in [6.45, 7) is -0.0849. The molecule has 1 unspecified atom stereocenters. The predicted octanol–water partition coefficient (Wildman–Crippen LogP) is 2.51. The van der Waals surface area contributed by atoms with Crippen molar-refractivity contribution in [2.45, 2.75) is 23.8 Å². The number of anilines is 2. The van der Waals surface area contributed by atoms with Gasteiger partial charge in [0.1, 0.15) is 5.39 Å². The lowest BCUT2D eigenvalue weighted by molar-refractivity contribution is 0.0884. The molecule has 168 valence electrons. The molecule has 2 heterocycles. The van der Waals surface area contributed by atoms with E-state index in [9.17, 15) is 27.3 Å². The van der Waals surface area contributed by atoms with Crippen LogP contribution in [0.5, 0.6) is 0 Å². The third kappa shape index (κ3) is 3.85. The Hall–Kier alpha value is -3.30. The zero-order valence-corrected chi connectivity index (χ0v) is 18.0. The molecule has 0 aliphatic heterocycles. The predicted molar refractivity (Wildman–Crippen MR) is 113 cm³/mol. The van der Waals surface area contributed by atoms with Crippen molar-refractivity contribution < 1.29 is 17.2 Å². The topological polar surface area (TPSA) is 124 Å². The second-order valence-electron chi connectivity index (χ2n) is 7.84. The van der Waals surface area contributed by atoms with Crippen LogP contribution in [-0.2, 0) is 16.6 Å². The van der Waals surface area contributed by atoms with Gasteiger partial charge in [-0.25, -0.2) is 21.5 Å². The third-order valence-electron chi connectivity index (χ3n) is 5.47. The number of fused-ring (bicyclic) bond motifs is 1. The minimum Gasteiger partial charge on any atom is -0.338 e. The Morgan fingerprint density at radius 2 is 2.00 bits per heavy atom. The van der Waals surface area contributed by atoms with E-state index < -0.39 is 33.3 Å². The molecule has 0 bridgehead atoms. The molecule has 2 aromatic heterocycles. The first kappa shape index (κ1) is 21.9. The van der Waals surface area contributed by atoms with Crippen molar-refractivity contribution in [3.8, 4) is 6.07 Å². The molecule has 0 spiro atoms. The zero-order valence-electron chi connectivity index (χ0n) is 17.2. The Bertz CT molecular complexity index is 1370. The van der Waals surface area contributed by atoms with Crippen molar-refractivity contribution >= 4 is 32.4 Å². The Labute approximate surface area is 182 Å². The lowest BCUT2D eigenvalue weighted by Gasteiger charge is -2.12. The van der Waals surface area contributed by atoms with Crippen LogP contribution >= 0.6 is 0 Å². The molecule has 1 saturated carbocycles. The number of aromatic amines is 1. The minimum atomic E-state index is -3.59. The molecule has 1 aliphatic carbocycles. The van der Waals surface area contributed by atoms with Crippen LogP contribution in [0.2, 0.25) is 0 Å². The maximum atomic E-state index is 13.5. The molecule has 0 saturated heterocycles. The average molecular weight is 462 g/mol. The highest BCUT2D eigenvalue weighted by Gasteiger charge is 2.60. The van der Waals surface area contributed by atoms with Crippen molar-refractivity contribution in [3.05, 3.63) is 46.9 Å². The number of nitrogens with zero attached hydrogens (tertiary/aromatic N) is 4. The van der Waals surface area contributed by atoms with E-state index in [1.54, 1.807) is 6.07 Å². The van der Waals surface area contributed by atoms with E-state index in [-0.39, 0.29) is 29.1 Å². The van der Waals surface area contributed by atoms with E-state index in [0.717, 1.165) is 4.31 Å². The van der Waals surface area contributed by atoms with Gasteiger partial charge >= 0.3 is 0 Å². The molecule has 2 atom stereocenters. The van der Waals surface area contributed by atoms with E-state index in [1.165, 1.54) is 49.2 Å². The smallest absolute Gasteiger partial charge is 0.261 e. The quantitative estimate of drug-likeness (QED) is 0.556. The standard InChI is InChI=1S/C20H20F2N6O3S/c1-27(2)32(30,31)14-5-3-13(4-6-14)25-18-17-16(7-8-24-19(17)29)28(26-18)11-12(10-23)15-9-20(15,21)22/h3-8,12,15H,9,11H2,1-2H3,(H,24,29)(H,25,26)/t12?,15-/m1/s1. The van der Waals surface area contributed by atoms with Crippen LogP contribution in [0.3, 0.4) is 0 Å². The molecule has 9 nitrogen and oxygen atoms in total. The molecule has 2 N–H and O–H groups in total. The lowest BCUT2D eigenvalue weighted by atomic mass is 10.1. The van der Waals surface area contributed by atoms with E-state index >= 15 is 0 Å². The van der Waals surface area contributed by atoms with Crippen LogP contribution in [0.25, 0.3) is 10.9 Å². The third-order valence-corrected chi connectivity index (χ3v) is 7.29. The van der Waals surface area contributed by atoms with E-state index in [0.29, 0.717) is 11.2 Å². The number of halogens is 2. The molecule has 1 aromatic carbocycles. The molecule has 12 heteroatoms. The summed E-state index contributed by atoms with van der Waals surface area (Å²) in [5.74, 6) is -4.66. The van der Waals surface area contributed by atoms with E-state index in [4.69, 9.17) is 0 Å². The Balaban J connectivity index is 1.67. The number of hydrogen-bond donors (Lipinski definition) is 2. The van der Waals surface area contributed by atoms with E-state index in [2.05, 4.69) is 15.4 Å². The van der Waals surface area contributed by atoms with Gasteiger partial charge in [-0.2, -0.15) is 10.4 Å². The van der Waals surface area contributed by atoms with Crippen molar-refractivity contribution in [3.63, 3.8) is 0 Å². The fraction of sp³-hybridized carbons (Fsp3) is 0.350. The number of hydrogen-bond acceptors (Lipinski definition) is 6. The number of H-pyrrole nitrogens is 1. The van der Waals surface area contributed by atoms with Gasteiger partial charge in [-0.15, -0.1) is 0 Å². The molecule has 1 fully saturated rings. The second-order valence-corrected chi connectivity index (χ2v) is 9.99. The summed E-state index contributed by atoms with van der Waals surface area (Å²) < 4.78 is 53.9. The molecule has 3 aromatic rings. The van der Waals surface area contributed by atoms with E-state index in [1.807, 2.05) is 6.07 Å². The summed E-state index contributed by atoms with van der Waals surface area (Å²) in [4.78, 5) is 15.1. The van der Waals surface area contributed by atoms with Gasteiger partial charge in [-0.1, -0.05) is 0 Å². The largest absolute Gasteiger partial charge is 0.338 e. The fourth-order valence-corrected chi connectivity index (χ4v) is 4.44. The molecule has 0 radical (unpaired) electrons. The number of nitrogens with one attached hydrogen (secondary N) is 2. The Kier molecular flexibility index (Phi) is 5.26. The van der Waals surface area contributed by atoms with Crippen molar-refractivity contribution in [1.29, 1.82) is 5.26 Å². The lowest BCUT2D eigenvalue weighted by Crippen LogP contribution is -2.22. The highest BCUT2D eigenvalue weighted by Crippen LogP contribution is 2.53. The number of aromatic nitrogens is 3. The van der Waals surface area contributed by atoms with Gasteiger partial charge < -0.3 is 10.3 Å². The van der Waals surface area contributed by atoms with Crippen molar-refractivity contribution in [1.82, 2.24) is 19.1 Å². The highest BCUT2D eigenvalue weighted by atomic mass is 32.2. The van der Waals surface area contributed by atoms with Crippen LogP contribution in [0, 0.1) is 23.2 Å². The number of rotatable bonds is 7. The van der Waals surface area contributed by atoms with Crippen LogP contribution in [0.15, 0.2) is 46.2 Å². The number of sulfonamides is 1. The van der Waals surface area contributed by atoms with Crippen LogP contribution in [0.4, 0.5) is 20.3 Å². The zero-order chi connectivity index (χ0) is 23.3. The van der Waals surface area contributed by atoms with Crippen molar-refractivity contribution in [2.75, 3.05) is 19.4 Å². The van der Waals surface area contributed by atoms with Crippen LogP contribution in [0.1, 0.15) is 6.42 Å². The van der Waals surface area contributed by atoms with Gasteiger partial charge in [0.05, 0.1) is 28.9 Å². The monoisotopic (exact) mass is 462 g/mol. The highest BCUT2D eigenvalue weighted by molar-refractivity contribution is 7.89. The number of alkyl halides is 2. The average Bonchev–Trinajstić information content (AvgIpc) is 3.23. The summed E-state index contributed by atoms with van der Waals surface area (Å²) in [5, 5.41) is 16.9. The van der Waals surface area contributed by atoms with Gasteiger partial charge in [0, 0.05) is 38.3 Å². The first-order chi connectivity index (χ1) is 15.0. The number of nitriles is 1. The normalized spacial score (nSPS) is 18.4. The molecule has 32 heavy (non-hydrogen) atoms. The van der Waals surface area contributed by atoms with Crippen molar-refractivity contribution in [2.24, 2.45) is 11.8 Å². The van der Waals surface area contributed by atoms with Crippen LogP contribution in [-0.4, -0.2) is 47.5 Å². The van der Waals surface area contributed by atoms with Gasteiger partial charge in [-0.05, 0) is 30.3 Å². The fourth-order valence-electron chi connectivity index (χ4n) is 3.54. The summed E-state index contributed by atoms with van der Waals surface area (Å²) in [6.07, 6.45) is 1.08. The maximum Gasteiger partial charge on any atom is 0.261 e. The SMILES string of the molecule is CN(C)S(=O)(=O)c1ccc(Nc2nn(CC(C#N)[C@H]3CC3(F)F)c3cc[nH]c(=O)c23)cc1. The Morgan fingerprint density at radius 1 is 1.34 bits per heavy atom. The number of benzene rings is 1. The number of pyridine rings is 1. The Morgan fingerprint density at radius 3 is 2.56 bits per heavy atom. The first-order valence-electron chi connectivity index (χ1n) is 9.70. The molecule has 1 aliphatic rings. The molecule has 4 rings (SSSR count). The van der Waals surface area contributed by atoms with Crippen LogP contribution < -0.4 is 10.9 Å².